The zero-order chi connectivity index (χ0) is 86.3. The molecule has 14 amide bonds. The highest BCUT2D eigenvalue weighted by molar-refractivity contribution is 8.77. The summed E-state index contributed by atoms with van der Waals surface area (Å²) in [5, 5.41) is 62.8. The maximum atomic E-state index is 16.0. The lowest BCUT2D eigenvalue weighted by Gasteiger charge is -2.53. The summed E-state index contributed by atoms with van der Waals surface area (Å²) in [6.07, 6.45) is 4.09. The van der Waals surface area contributed by atoms with Gasteiger partial charge in [0, 0.05) is 31.7 Å². The lowest BCUT2D eigenvalue weighted by atomic mass is 9.74. The largest absolute Gasteiger partial charge is 0.394 e. The summed E-state index contributed by atoms with van der Waals surface area (Å²) >= 11 is 0. The Morgan fingerprint density at radius 3 is 1.90 bits per heavy atom. The smallest absolute Gasteiger partial charge is 0.254 e. The Labute approximate surface area is 687 Å². The monoisotopic (exact) mass is 1670 g/mol. The zero-order valence-electron chi connectivity index (χ0n) is 69.2. The number of fused-ring (bicyclic) bond motifs is 5. The minimum atomic E-state index is -1.95. The number of likely N-dealkylation sites (tertiary alicyclic amines) is 1. The molecule has 116 heavy (non-hydrogen) atoms. The minimum absolute atomic E-state index is 0.00455. The molecule has 1 aromatic rings. The first-order valence-electron chi connectivity index (χ1n) is 40.6. The second-order valence-electron chi connectivity index (χ2n) is 32.6. The number of primary amides is 1. The van der Waals surface area contributed by atoms with Crippen LogP contribution >= 0.6 is 21.6 Å². The molecule has 0 bridgehead atoms. The van der Waals surface area contributed by atoms with Crippen molar-refractivity contribution in [3.8, 4) is 0 Å². The van der Waals surface area contributed by atoms with E-state index in [1.165, 1.54) is 30.7 Å². The molecule has 36 nitrogen and oxygen atoms in total. The van der Waals surface area contributed by atoms with Crippen molar-refractivity contribution in [2.45, 2.75) is 286 Å². The van der Waals surface area contributed by atoms with E-state index in [1.807, 2.05) is 11.8 Å². The van der Waals surface area contributed by atoms with Gasteiger partial charge in [-0.3, -0.25) is 82.2 Å². The molecule has 38 heteroatoms. The van der Waals surface area contributed by atoms with Crippen LogP contribution in [0.5, 0.6) is 0 Å². The molecule has 0 aromatic heterocycles. The van der Waals surface area contributed by atoms with Crippen LogP contribution < -0.4 is 80.6 Å². The van der Waals surface area contributed by atoms with Crippen molar-refractivity contribution in [3.05, 3.63) is 35.9 Å². The van der Waals surface area contributed by atoms with Gasteiger partial charge in [-0.15, -0.1) is 0 Å². The number of amides is 14. The van der Waals surface area contributed by atoms with Gasteiger partial charge in [-0.25, -0.2) is 0 Å². The van der Waals surface area contributed by atoms with Crippen LogP contribution in [0.4, 0.5) is 0 Å². The van der Waals surface area contributed by atoms with E-state index < -0.39 is 220 Å². The van der Waals surface area contributed by atoms with Crippen molar-refractivity contribution in [2.24, 2.45) is 41.1 Å². The van der Waals surface area contributed by atoms with Crippen LogP contribution in [0.1, 0.15) is 191 Å². The predicted octanol–water partition coefficient (Wildman–Crippen LogP) is -1.27. The van der Waals surface area contributed by atoms with Gasteiger partial charge in [0.1, 0.15) is 60.4 Å². The predicted molar refractivity (Wildman–Crippen MR) is 435 cm³/mol. The van der Waals surface area contributed by atoms with Crippen molar-refractivity contribution in [3.63, 3.8) is 0 Å². The van der Waals surface area contributed by atoms with E-state index in [4.69, 9.17) is 16.9 Å². The Kier molecular flexibility index (Phi) is 36.6. The topological polar surface area (TPSA) is 539 Å². The summed E-state index contributed by atoms with van der Waals surface area (Å²) < 4.78 is -1.74. The third kappa shape index (κ3) is 24.7. The standard InChI is InChI=1S/C78H127N19O17S2/c1-14-43(6)57-68(109)93-60(70(111)92-59(45(8)16-3)74(114)95-33-23-29-54(95)66(107)86-50(61(79)102)37-56(101)84-38-47-25-18-17-19-26-47)76(10,11)116-115-72(94-69(110)58(44(7)15-2)90-62(103)46(9)82-13)71(112)89-53(40-99)64(105)85-49(28-22-32-83-75(80)81)63(104)88-52(39-98)65(106)87-51(35-42(4)5)73(113)96-34-24-31-78(96,41-100)97-55(67(108)91-57)36-48-27-20-21-30-77(48,97)12/h17-19,25-26,41-46,48-55,57-60,72,82,98-99H,14-16,20-24,27-40H2,1-13H3,(H2,79,102)(H,84,101)(H,85,105)(H,86,107)(H,87,106)(H,88,104)(H,89,112)(H,90,103)(H,91,108)(H,92,111)(H,93,109)(H,94,110)(H4,80,81,83)/t43-,44-,45+,46-,48-,49-,50-,51-,52-,53-,54-,55-,57-,58-,59-,60+,72-,77-,78-/m0/s1. The molecule has 4 heterocycles. The highest BCUT2D eigenvalue weighted by Crippen LogP contribution is 2.54. The van der Waals surface area contributed by atoms with Crippen molar-refractivity contribution in [2.75, 3.05) is 39.9 Å². The van der Waals surface area contributed by atoms with Gasteiger partial charge in [0.15, 0.2) is 23.3 Å². The molecule has 6 rings (SSSR count). The molecule has 1 aliphatic carbocycles. The van der Waals surface area contributed by atoms with Crippen LogP contribution in [-0.4, -0.2) is 254 Å². The van der Waals surface area contributed by atoms with E-state index >= 15 is 28.8 Å². The number of rotatable bonds is 30. The molecule has 1 saturated carbocycles. The van der Waals surface area contributed by atoms with Crippen LogP contribution in [0, 0.1) is 35.0 Å². The number of nitrogens with zero attached hydrogens (tertiary/aromatic N) is 3. The molecule has 4 aliphatic heterocycles. The first kappa shape index (κ1) is 96.1. The molecule has 648 valence electrons. The number of aldehydes is 1. The maximum absolute atomic E-state index is 16.0. The number of carbonyl (C=O) groups excluding carboxylic acids is 15. The summed E-state index contributed by atoms with van der Waals surface area (Å²) in [4.78, 5) is 226. The van der Waals surface area contributed by atoms with Gasteiger partial charge in [0.05, 0.1) is 36.5 Å². The van der Waals surface area contributed by atoms with Crippen LogP contribution in [-0.2, 0) is 78.5 Å². The van der Waals surface area contributed by atoms with Crippen molar-refractivity contribution >= 4 is 117 Å². The average Bonchev–Trinajstić information content (AvgIpc) is 1.55. The van der Waals surface area contributed by atoms with Crippen LogP contribution in [0.2, 0.25) is 0 Å². The Hall–Kier alpha value is -8.72. The lowest BCUT2D eigenvalue weighted by molar-refractivity contribution is -0.165. The summed E-state index contributed by atoms with van der Waals surface area (Å²) in [5.41, 5.74) is 9.33. The fourth-order valence-electron chi connectivity index (χ4n) is 15.8. The van der Waals surface area contributed by atoms with Crippen molar-refractivity contribution in [1.82, 2.24) is 83.8 Å². The Morgan fingerprint density at radius 2 is 1.30 bits per heavy atom. The molecular weight excluding hydrogens is 1540 g/mol. The van der Waals surface area contributed by atoms with Gasteiger partial charge >= 0.3 is 0 Å². The number of aliphatic hydroxyl groups is 2. The third-order valence-corrected chi connectivity index (χ3v) is 26.8. The molecule has 20 N–H and O–H groups in total. The summed E-state index contributed by atoms with van der Waals surface area (Å²) in [6, 6.07) is -8.71. The van der Waals surface area contributed by atoms with E-state index in [2.05, 4.69) is 69.1 Å². The van der Waals surface area contributed by atoms with Crippen molar-refractivity contribution in [1.29, 1.82) is 5.41 Å². The summed E-state index contributed by atoms with van der Waals surface area (Å²) in [5.74, 6) is -15.5. The number of aliphatic hydroxyl groups excluding tert-OH is 2. The van der Waals surface area contributed by atoms with Crippen LogP contribution in [0.15, 0.2) is 30.3 Å². The number of likely N-dealkylation sites (N-methyl/N-ethyl adjacent to an activating group) is 1. The molecule has 19 atom stereocenters. The van der Waals surface area contributed by atoms with Crippen molar-refractivity contribution < 1.29 is 82.1 Å². The molecular formula is C78H127N19O17S2. The van der Waals surface area contributed by atoms with E-state index in [1.54, 1.807) is 92.6 Å². The molecule has 0 spiro atoms. The molecule has 1 aromatic carbocycles. The van der Waals surface area contributed by atoms with E-state index in [-0.39, 0.29) is 102 Å². The Balaban J connectivity index is 1.52. The molecule has 4 saturated heterocycles. The van der Waals surface area contributed by atoms with E-state index in [9.17, 15) is 53.4 Å². The van der Waals surface area contributed by atoms with Gasteiger partial charge < -0.3 is 101 Å². The fraction of sp³-hybridized carbons (Fsp3) is 0.718. The lowest BCUT2D eigenvalue weighted by Crippen LogP contribution is -2.71. The number of hydrogen-bond acceptors (Lipinski definition) is 22. The summed E-state index contributed by atoms with van der Waals surface area (Å²) in [6.45, 7) is 18.3. The third-order valence-electron chi connectivity index (χ3n) is 23.4. The normalized spacial score (nSPS) is 27.9. The number of nitrogens with one attached hydrogen (secondary N) is 14. The Morgan fingerprint density at radius 1 is 0.681 bits per heavy atom. The number of nitrogens with two attached hydrogens (primary N) is 2. The quantitative estimate of drug-likeness (QED) is 0.0140. The SMILES string of the molecule is CC[C@@H](C)[C@H](NC(=O)[C@H]1NC(=O)[C@H]([C@@H](C)CC)NC(=O)[C@@H]2C[C@@H]3CCCC[C@]3(C)N2[C@]2(C=O)CCCN2C(=O)[C@H](CC(C)C)NC(=O)[C@H](CO)NC(=O)[C@H](CCCNC(=N)N)NC(=O)[C@H](CO)NC(=O)[C@@H](NC(=O)[C@@H](NC(=O)[C@H](C)NC)[C@@H](C)CC)SSC1(C)C)C(=O)N1CCC[C@H]1C(=O)N[C@@H](CC(=O)NCc1ccccc1)C(N)=O. The summed E-state index contributed by atoms with van der Waals surface area (Å²) in [7, 11) is 2.88. The molecule has 0 unspecified atom stereocenters. The first-order chi connectivity index (χ1) is 54.8. The van der Waals surface area contributed by atoms with Crippen LogP contribution in [0.25, 0.3) is 0 Å². The fourth-order valence-corrected chi connectivity index (χ4v) is 18.5. The zero-order valence-corrected chi connectivity index (χ0v) is 70.9. The van der Waals surface area contributed by atoms with Gasteiger partial charge in [0.2, 0.25) is 76.8 Å². The number of hydrogen-bond donors (Lipinski definition) is 18. The van der Waals surface area contributed by atoms with E-state index in [0.29, 0.717) is 42.8 Å². The number of carbonyl (C=O) groups is 15. The average molecular weight is 1670 g/mol. The van der Waals surface area contributed by atoms with Gasteiger partial charge in [-0.1, -0.05) is 139 Å². The Bertz CT molecular complexity index is 3660. The highest BCUT2D eigenvalue weighted by Gasteiger charge is 2.64. The number of guanidine groups is 1. The second kappa shape index (κ2) is 44.2. The maximum Gasteiger partial charge on any atom is 0.254 e. The van der Waals surface area contributed by atoms with Gasteiger partial charge in [0.25, 0.3) is 5.91 Å². The van der Waals surface area contributed by atoms with Gasteiger partial charge in [-0.2, -0.15) is 0 Å². The molecule has 0 radical (unpaired) electrons. The number of benzene rings is 1. The second-order valence-corrected chi connectivity index (χ2v) is 35.6. The molecule has 5 fully saturated rings. The van der Waals surface area contributed by atoms with Crippen LogP contribution in [0.3, 0.4) is 0 Å². The first-order valence-corrected chi connectivity index (χ1v) is 42.9. The minimum Gasteiger partial charge on any atom is -0.394 e. The highest BCUT2D eigenvalue weighted by atomic mass is 33.1. The molecule has 5 aliphatic rings. The van der Waals surface area contributed by atoms with Gasteiger partial charge in [-0.05, 0) is 134 Å². The van der Waals surface area contributed by atoms with E-state index in [0.717, 1.165) is 22.8 Å².